The number of ether oxygens (including phenoxy) is 2. The summed E-state index contributed by atoms with van der Waals surface area (Å²) >= 11 is 0. The third-order valence-electron chi connectivity index (χ3n) is 3.88. The lowest BCUT2D eigenvalue weighted by atomic mass is 9.98. The summed E-state index contributed by atoms with van der Waals surface area (Å²) in [5.74, 6) is 0.408. The highest BCUT2D eigenvalue weighted by atomic mass is 16.5. The molecule has 23 heavy (non-hydrogen) atoms. The van der Waals surface area contributed by atoms with E-state index in [0.29, 0.717) is 5.92 Å². The Labute approximate surface area is 138 Å². The van der Waals surface area contributed by atoms with Crippen molar-refractivity contribution >= 4 is 11.9 Å². The predicted molar refractivity (Wildman–Crippen MR) is 89.5 cm³/mol. The minimum absolute atomic E-state index is 0.0661. The molecule has 5 heteroatoms. The summed E-state index contributed by atoms with van der Waals surface area (Å²) in [6.07, 6.45) is 0.995. The van der Waals surface area contributed by atoms with Gasteiger partial charge in [-0.25, -0.2) is 0 Å². The molecule has 0 heterocycles. The quantitative estimate of drug-likeness (QED) is 0.691. The smallest absolute Gasteiger partial charge is 0.325 e. The number of nitrogens with zero attached hydrogens (tertiary/aromatic N) is 1. The molecule has 1 amide bonds. The first kappa shape index (κ1) is 19.0. The van der Waals surface area contributed by atoms with Crippen LogP contribution in [0.3, 0.4) is 0 Å². The molecule has 0 fully saturated rings. The van der Waals surface area contributed by atoms with Gasteiger partial charge >= 0.3 is 5.97 Å². The molecule has 128 valence electrons. The van der Waals surface area contributed by atoms with E-state index in [1.165, 1.54) is 12.0 Å². The molecular weight excluding hydrogens is 294 g/mol. The highest BCUT2D eigenvalue weighted by Gasteiger charge is 2.21. The number of methoxy groups -OCH3 is 1. The van der Waals surface area contributed by atoms with Crippen molar-refractivity contribution in [2.75, 3.05) is 20.3 Å². The lowest BCUT2D eigenvalue weighted by Crippen LogP contribution is -2.43. The van der Waals surface area contributed by atoms with Gasteiger partial charge in [-0.1, -0.05) is 32.0 Å². The first-order valence-corrected chi connectivity index (χ1v) is 7.98. The molecule has 1 rings (SSSR count). The number of para-hydroxylation sites is 1. The summed E-state index contributed by atoms with van der Waals surface area (Å²) in [6.45, 7) is 7.79. The Morgan fingerprint density at radius 1 is 1.17 bits per heavy atom. The molecule has 0 aliphatic carbocycles. The second-order valence-electron chi connectivity index (χ2n) is 5.83. The molecule has 1 atom stereocenters. The average Bonchev–Trinajstić information content (AvgIpc) is 2.56. The number of hydrogen-bond acceptors (Lipinski definition) is 4. The third-order valence-corrected chi connectivity index (χ3v) is 3.88. The molecule has 5 nitrogen and oxygen atoms in total. The first-order chi connectivity index (χ1) is 10.9. The van der Waals surface area contributed by atoms with Crippen LogP contribution in [0.1, 0.15) is 45.6 Å². The van der Waals surface area contributed by atoms with E-state index in [-0.39, 0.29) is 25.1 Å². The Morgan fingerprint density at radius 3 is 2.39 bits per heavy atom. The van der Waals surface area contributed by atoms with Crippen molar-refractivity contribution < 1.29 is 19.1 Å². The number of hydrogen-bond donors (Lipinski definition) is 0. The van der Waals surface area contributed by atoms with Crippen molar-refractivity contribution in [2.24, 2.45) is 0 Å². The monoisotopic (exact) mass is 321 g/mol. The van der Waals surface area contributed by atoms with E-state index in [2.05, 4.69) is 18.6 Å². The van der Waals surface area contributed by atoms with Gasteiger partial charge in [-0.15, -0.1) is 0 Å². The Kier molecular flexibility index (Phi) is 7.59. The number of amides is 1. The van der Waals surface area contributed by atoms with Crippen LogP contribution in [-0.4, -0.2) is 43.1 Å². The van der Waals surface area contributed by atoms with Crippen LogP contribution in [0.5, 0.6) is 5.75 Å². The van der Waals surface area contributed by atoms with Gasteiger partial charge in [0, 0.05) is 6.04 Å². The minimum atomic E-state index is -0.438. The van der Waals surface area contributed by atoms with Gasteiger partial charge < -0.3 is 14.4 Å². The maximum atomic E-state index is 12.4. The van der Waals surface area contributed by atoms with Crippen LogP contribution in [0.2, 0.25) is 0 Å². The molecule has 0 radical (unpaired) electrons. The Balaban J connectivity index is 2.76. The van der Waals surface area contributed by atoms with E-state index in [1.807, 2.05) is 38.1 Å². The number of carbonyl (C=O) groups excluding carboxylic acids is 2. The van der Waals surface area contributed by atoms with Crippen LogP contribution >= 0.6 is 0 Å². The second kappa shape index (κ2) is 9.18. The maximum absolute atomic E-state index is 12.4. The fraction of sp³-hybridized carbons (Fsp3) is 0.556. The van der Waals surface area contributed by atoms with E-state index < -0.39 is 5.97 Å². The number of carbonyl (C=O) groups is 2. The van der Waals surface area contributed by atoms with Gasteiger partial charge in [-0.2, -0.15) is 0 Å². The summed E-state index contributed by atoms with van der Waals surface area (Å²) in [6, 6.07) is 7.64. The van der Waals surface area contributed by atoms with E-state index >= 15 is 0 Å². The highest BCUT2D eigenvalue weighted by Crippen LogP contribution is 2.28. The molecule has 1 aromatic rings. The van der Waals surface area contributed by atoms with Gasteiger partial charge in [0.15, 0.2) is 6.61 Å². The van der Waals surface area contributed by atoms with Gasteiger partial charge in [0.25, 0.3) is 5.91 Å². The van der Waals surface area contributed by atoms with Crippen molar-refractivity contribution in [1.29, 1.82) is 0 Å². The predicted octanol–water partition coefficient (Wildman–Crippen LogP) is 2.99. The SMILES string of the molecule is CCC(C)c1ccccc1OCC(=O)N(CC(=O)OC)C(C)C. The van der Waals surface area contributed by atoms with Crippen molar-refractivity contribution in [2.45, 2.75) is 46.1 Å². The first-order valence-electron chi connectivity index (χ1n) is 7.98. The van der Waals surface area contributed by atoms with Crippen LogP contribution in [0.25, 0.3) is 0 Å². The largest absolute Gasteiger partial charge is 0.483 e. The molecule has 0 aliphatic rings. The summed E-state index contributed by atoms with van der Waals surface area (Å²) in [7, 11) is 1.31. The molecule has 0 saturated heterocycles. The van der Waals surface area contributed by atoms with Gasteiger partial charge in [-0.3, -0.25) is 9.59 Å². The summed E-state index contributed by atoms with van der Waals surface area (Å²) in [4.78, 5) is 25.2. The van der Waals surface area contributed by atoms with Crippen molar-refractivity contribution in [3.05, 3.63) is 29.8 Å². The van der Waals surface area contributed by atoms with Crippen LogP contribution in [-0.2, 0) is 14.3 Å². The van der Waals surface area contributed by atoms with E-state index in [0.717, 1.165) is 17.7 Å². The average molecular weight is 321 g/mol. The topological polar surface area (TPSA) is 55.8 Å². The molecule has 0 spiro atoms. The fourth-order valence-electron chi connectivity index (χ4n) is 2.22. The highest BCUT2D eigenvalue weighted by molar-refractivity contribution is 5.83. The van der Waals surface area contributed by atoms with E-state index in [1.54, 1.807) is 0 Å². The maximum Gasteiger partial charge on any atom is 0.325 e. The van der Waals surface area contributed by atoms with Crippen molar-refractivity contribution in [3.8, 4) is 5.75 Å². The molecule has 1 aromatic carbocycles. The van der Waals surface area contributed by atoms with Gasteiger partial charge in [-0.05, 0) is 37.8 Å². The Morgan fingerprint density at radius 2 is 1.83 bits per heavy atom. The second-order valence-corrected chi connectivity index (χ2v) is 5.83. The van der Waals surface area contributed by atoms with Crippen LogP contribution in [0.15, 0.2) is 24.3 Å². The number of rotatable bonds is 8. The molecule has 0 N–H and O–H groups in total. The standard InChI is InChI=1S/C18H27NO4/c1-6-14(4)15-9-7-8-10-16(15)23-12-17(20)19(13(2)3)11-18(21)22-5/h7-10,13-14H,6,11-12H2,1-5H3. The summed E-state index contributed by atoms with van der Waals surface area (Å²) in [5.41, 5.74) is 1.09. The molecular formula is C18H27NO4. The minimum Gasteiger partial charge on any atom is -0.483 e. The van der Waals surface area contributed by atoms with Crippen molar-refractivity contribution in [3.63, 3.8) is 0 Å². The summed E-state index contributed by atoms with van der Waals surface area (Å²) in [5, 5.41) is 0. The molecule has 0 bridgehead atoms. The van der Waals surface area contributed by atoms with Gasteiger partial charge in [0.05, 0.1) is 7.11 Å². The Bertz CT molecular complexity index is 528. The zero-order valence-electron chi connectivity index (χ0n) is 14.7. The molecule has 0 aliphatic heterocycles. The zero-order chi connectivity index (χ0) is 17.4. The molecule has 1 unspecified atom stereocenters. The third kappa shape index (κ3) is 5.58. The zero-order valence-corrected chi connectivity index (χ0v) is 14.7. The lowest BCUT2D eigenvalue weighted by Gasteiger charge is -2.26. The molecule has 0 aromatic heterocycles. The van der Waals surface area contributed by atoms with Crippen LogP contribution < -0.4 is 4.74 Å². The van der Waals surface area contributed by atoms with E-state index in [4.69, 9.17) is 4.74 Å². The number of benzene rings is 1. The number of esters is 1. The normalized spacial score (nSPS) is 11.9. The van der Waals surface area contributed by atoms with E-state index in [9.17, 15) is 9.59 Å². The lowest BCUT2D eigenvalue weighted by molar-refractivity contribution is -0.149. The Hall–Kier alpha value is -2.04. The van der Waals surface area contributed by atoms with Gasteiger partial charge in [0.1, 0.15) is 12.3 Å². The van der Waals surface area contributed by atoms with Crippen LogP contribution in [0, 0.1) is 0 Å². The van der Waals surface area contributed by atoms with Gasteiger partial charge in [0.2, 0.25) is 0 Å². The molecule has 0 saturated carbocycles. The van der Waals surface area contributed by atoms with Crippen molar-refractivity contribution in [1.82, 2.24) is 4.90 Å². The fourth-order valence-corrected chi connectivity index (χ4v) is 2.22. The summed E-state index contributed by atoms with van der Waals surface area (Å²) < 4.78 is 10.4. The van der Waals surface area contributed by atoms with Crippen LogP contribution in [0.4, 0.5) is 0 Å².